The molecule has 0 unspecified atom stereocenters. The van der Waals surface area contributed by atoms with Crippen molar-refractivity contribution in [2.75, 3.05) is 40.3 Å². The highest BCUT2D eigenvalue weighted by atomic mass is 16.3. The zero-order valence-electron chi connectivity index (χ0n) is 15.1. The third-order valence-corrected chi connectivity index (χ3v) is 4.85. The second-order valence-corrected chi connectivity index (χ2v) is 7.03. The van der Waals surface area contributed by atoms with Crippen LogP contribution in [0.1, 0.15) is 31.4 Å². The van der Waals surface area contributed by atoms with Crippen molar-refractivity contribution in [2.24, 2.45) is 5.92 Å². The zero-order valence-corrected chi connectivity index (χ0v) is 15.1. The predicted molar refractivity (Wildman–Crippen MR) is 96.7 cm³/mol. The first kappa shape index (κ1) is 18.9. The molecule has 2 rings (SSSR count). The number of amides is 1. The largest absolute Gasteiger partial charge is 0.387 e. The monoisotopic (exact) mass is 333 g/mol. The van der Waals surface area contributed by atoms with Gasteiger partial charge < -0.3 is 20.2 Å². The third-order valence-electron chi connectivity index (χ3n) is 4.85. The molecule has 1 heterocycles. The molecule has 0 aliphatic carbocycles. The average Bonchev–Trinajstić information content (AvgIpc) is 2.60. The van der Waals surface area contributed by atoms with E-state index < -0.39 is 6.10 Å². The Labute approximate surface area is 145 Å². The molecule has 1 aromatic carbocycles. The normalized spacial score (nSPS) is 19.0. The quantitative estimate of drug-likeness (QED) is 0.794. The highest BCUT2D eigenvalue weighted by Gasteiger charge is 2.23. The van der Waals surface area contributed by atoms with E-state index in [0.717, 1.165) is 38.0 Å². The van der Waals surface area contributed by atoms with Gasteiger partial charge in [0.15, 0.2) is 0 Å². The van der Waals surface area contributed by atoms with Crippen LogP contribution in [-0.4, -0.2) is 67.1 Å². The van der Waals surface area contributed by atoms with Gasteiger partial charge in [-0.25, -0.2) is 0 Å². The number of likely N-dealkylation sites (N-methyl/N-ethyl adjacent to an activating group) is 1. The Morgan fingerprint density at radius 3 is 2.50 bits per heavy atom. The molecule has 2 N–H and O–H groups in total. The molecule has 1 amide bonds. The van der Waals surface area contributed by atoms with E-state index in [2.05, 4.69) is 10.2 Å². The molecule has 1 fully saturated rings. The van der Waals surface area contributed by atoms with E-state index in [1.807, 2.05) is 37.3 Å². The fraction of sp³-hybridized carbons (Fsp3) is 0.632. The van der Waals surface area contributed by atoms with Gasteiger partial charge in [0, 0.05) is 20.6 Å². The van der Waals surface area contributed by atoms with Crippen LogP contribution in [-0.2, 0) is 4.79 Å². The van der Waals surface area contributed by atoms with Crippen LogP contribution >= 0.6 is 0 Å². The summed E-state index contributed by atoms with van der Waals surface area (Å²) in [5.74, 6) is 0.728. The maximum atomic E-state index is 11.9. The molecule has 1 saturated heterocycles. The molecule has 0 spiro atoms. The van der Waals surface area contributed by atoms with Gasteiger partial charge in [-0.3, -0.25) is 4.79 Å². The van der Waals surface area contributed by atoms with Crippen molar-refractivity contribution < 1.29 is 9.90 Å². The average molecular weight is 333 g/mol. The molecule has 5 heteroatoms. The number of carbonyl (C=O) groups is 1. The van der Waals surface area contributed by atoms with Crippen molar-refractivity contribution in [3.63, 3.8) is 0 Å². The Kier molecular flexibility index (Phi) is 7.21. The molecule has 1 aliphatic rings. The summed E-state index contributed by atoms with van der Waals surface area (Å²) >= 11 is 0. The third kappa shape index (κ3) is 5.58. The lowest BCUT2D eigenvalue weighted by Crippen LogP contribution is -2.45. The first-order valence-corrected chi connectivity index (χ1v) is 8.87. The van der Waals surface area contributed by atoms with E-state index in [1.54, 1.807) is 19.0 Å². The minimum absolute atomic E-state index is 0.124. The molecule has 0 saturated carbocycles. The highest BCUT2D eigenvalue weighted by Crippen LogP contribution is 2.20. The highest BCUT2D eigenvalue weighted by molar-refractivity contribution is 5.80. The fourth-order valence-corrected chi connectivity index (χ4v) is 3.22. The maximum Gasteiger partial charge on any atom is 0.238 e. The molecule has 24 heavy (non-hydrogen) atoms. The molecule has 2 atom stereocenters. The molecule has 0 bridgehead atoms. The van der Waals surface area contributed by atoms with Crippen molar-refractivity contribution in [1.82, 2.24) is 15.1 Å². The van der Waals surface area contributed by atoms with Gasteiger partial charge >= 0.3 is 0 Å². The van der Waals surface area contributed by atoms with E-state index >= 15 is 0 Å². The Balaban J connectivity index is 1.69. The lowest BCUT2D eigenvalue weighted by molar-refractivity contribution is -0.130. The summed E-state index contributed by atoms with van der Waals surface area (Å²) in [6.45, 7) is 5.52. The van der Waals surface area contributed by atoms with Crippen LogP contribution in [0.15, 0.2) is 30.3 Å². The van der Waals surface area contributed by atoms with Gasteiger partial charge in [0.05, 0.1) is 12.1 Å². The molecular weight excluding hydrogens is 302 g/mol. The van der Waals surface area contributed by atoms with Crippen molar-refractivity contribution >= 4 is 5.91 Å². The van der Waals surface area contributed by atoms with Gasteiger partial charge in [0.25, 0.3) is 0 Å². The maximum absolute atomic E-state index is 11.9. The number of β-amino-alcohol motifs (C(OH)–C–C–N with tert-alkyl or cyclic N) is 1. The van der Waals surface area contributed by atoms with Crippen LogP contribution in [0.25, 0.3) is 0 Å². The van der Waals surface area contributed by atoms with Crippen LogP contribution < -0.4 is 5.32 Å². The SMILES string of the molecule is C[C@H](NCC1CCN(C[C@@H](O)c2ccccc2)CC1)C(=O)N(C)C. The molecule has 134 valence electrons. The Hall–Kier alpha value is -1.43. The predicted octanol–water partition coefficient (Wildman–Crippen LogP) is 1.50. The molecule has 1 aromatic rings. The minimum atomic E-state index is -0.418. The van der Waals surface area contributed by atoms with Crippen molar-refractivity contribution in [3.8, 4) is 0 Å². The van der Waals surface area contributed by atoms with Crippen molar-refractivity contribution in [1.29, 1.82) is 0 Å². The number of rotatable bonds is 7. The van der Waals surface area contributed by atoms with E-state index in [4.69, 9.17) is 0 Å². The van der Waals surface area contributed by atoms with E-state index in [0.29, 0.717) is 12.5 Å². The smallest absolute Gasteiger partial charge is 0.238 e. The summed E-state index contributed by atoms with van der Waals surface area (Å²) in [4.78, 5) is 15.8. The number of hydrogen-bond acceptors (Lipinski definition) is 4. The van der Waals surface area contributed by atoms with E-state index in [1.165, 1.54) is 0 Å². The summed E-state index contributed by atoms with van der Waals surface area (Å²) in [7, 11) is 3.58. The van der Waals surface area contributed by atoms with Gasteiger partial charge in [-0.2, -0.15) is 0 Å². The Morgan fingerprint density at radius 1 is 1.29 bits per heavy atom. The number of piperidine rings is 1. The number of benzene rings is 1. The Morgan fingerprint density at radius 2 is 1.92 bits per heavy atom. The number of aliphatic hydroxyl groups excluding tert-OH is 1. The van der Waals surface area contributed by atoms with Crippen molar-refractivity contribution in [2.45, 2.75) is 31.9 Å². The zero-order chi connectivity index (χ0) is 17.5. The van der Waals surface area contributed by atoms with Gasteiger partial charge in [-0.15, -0.1) is 0 Å². The van der Waals surface area contributed by atoms with Crippen LogP contribution in [0, 0.1) is 5.92 Å². The van der Waals surface area contributed by atoms with Crippen LogP contribution in [0.2, 0.25) is 0 Å². The van der Waals surface area contributed by atoms with E-state index in [-0.39, 0.29) is 11.9 Å². The molecule has 1 aliphatic heterocycles. The molecule has 0 aromatic heterocycles. The first-order chi connectivity index (χ1) is 11.5. The number of hydrogen-bond donors (Lipinski definition) is 2. The van der Waals surface area contributed by atoms with Gasteiger partial charge in [-0.1, -0.05) is 30.3 Å². The molecule has 0 radical (unpaired) electrons. The summed E-state index contributed by atoms with van der Waals surface area (Å²) in [5, 5.41) is 13.7. The fourth-order valence-electron chi connectivity index (χ4n) is 3.22. The van der Waals surface area contributed by atoms with Crippen LogP contribution in [0.5, 0.6) is 0 Å². The summed E-state index contributed by atoms with van der Waals surface area (Å²) in [5.41, 5.74) is 0.984. The lowest BCUT2D eigenvalue weighted by atomic mass is 9.96. The number of carbonyl (C=O) groups excluding carboxylic acids is 1. The van der Waals surface area contributed by atoms with E-state index in [9.17, 15) is 9.90 Å². The number of nitrogens with one attached hydrogen (secondary N) is 1. The molecular formula is C19H31N3O2. The Bertz CT molecular complexity index is 499. The second kappa shape index (κ2) is 9.16. The van der Waals surface area contributed by atoms with Crippen LogP contribution in [0.4, 0.5) is 0 Å². The minimum Gasteiger partial charge on any atom is -0.387 e. The summed E-state index contributed by atoms with van der Waals surface area (Å²) < 4.78 is 0. The molecule has 5 nitrogen and oxygen atoms in total. The van der Waals surface area contributed by atoms with Crippen molar-refractivity contribution in [3.05, 3.63) is 35.9 Å². The number of likely N-dealkylation sites (tertiary alicyclic amines) is 1. The first-order valence-electron chi connectivity index (χ1n) is 8.87. The summed E-state index contributed by atoms with van der Waals surface area (Å²) in [6, 6.07) is 9.73. The van der Waals surface area contributed by atoms with Gasteiger partial charge in [0.1, 0.15) is 0 Å². The van der Waals surface area contributed by atoms with Crippen LogP contribution in [0.3, 0.4) is 0 Å². The standard InChI is InChI=1S/C19H31N3O2/c1-15(19(24)21(2)3)20-13-16-9-11-22(12-10-16)14-18(23)17-7-5-4-6-8-17/h4-8,15-16,18,20,23H,9-14H2,1-3H3/t15-,18+/m0/s1. The summed E-state index contributed by atoms with van der Waals surface area (Å²) in [6.07, 6.45) is 1.80. The number of nitrogens with zero attached hydrogens (tertiary/aromatic N) is 2. The number of aliphatic hydroxyl groups is 1. The lowest BCUT2D eigenvalue weighted by Gasteiger charge is -2.33. The van der Waals surface area contributed by atoms with Gasteiger partial charge in [0.2, 0.25) is 5.91 Å². The van der Waals surface area contributed by atoms with Gasteiger partial charge in [-0.05, 0) is 50.9 Å². The topological polar surface area (TPSA) is 55.8 Å². The second-order valence-electron chi connectivity index (χ2n) is 7.03.